The maximum atomic E-state index is 11.8. The van der Waals surface area contributed by atoms with Crippen molar-refractivity contribution in [3.63, 3.8) is 0 Å². The van der Waals surface area contributed by atoms with E-state index in [0.717, 1.165) is 30.0 Å². The minimum atomic E-state index is -0.233. The molecule has 0 fully saturated rings. The number of hydrogen-bond donors (Lipinski definition) is 3. The van der Waals surface area contributed by atoms with E-state index in [9.17, 15) is 4.79 Å². The maximum absolute atomic E-state index is 11.8. The van der Waals surface area contributed by atoms with E-state index in [0.29, 0.717) is 18.8 Å². The van der Waals surface area contributed by atoms with Crippen LogP contribution in [0, 0.1) is 6.92 Å². The molecule has 3 N–H and O–H groups in total. The topological polar surface area (TPSA) is 91.9 Å². The molecule has 7 heteroatoms. The summed E-state index contributed by atoms with van der Waals surface area (Å²) in [6.07, 6.45) is 3.02. The minimum Gasteiger partial charge on any atom is -0.494 e. The first kappa shape index (κ1) is 15.8. The number of ether oxygens (including phenoxy) is 1. The number of urea groups is 1. The number of anilines is 1. The SMILES string of the molecule is CCOc1cc(NC(=O)NCCCc2ncn[nH]2)ccc1C. The number of nitrogens with zero attached hydrogens (tertiary/aromatic N) is 2. The second kappa shape index (κ2) is 8.02. The molecule has 22 heavy (non-hydrogen) atoms. The number of aromatic nitrogens is 3. The number of aryl methyl sites for hydroxylation is 2. The van der Waals surface area contributed by atoms with Crippen molar-refractivity contribution in [1.82, 2.24) is 20.5 Å². The number of carbonyl (C=O) groups excluding carboxylic acids is 1. The van der Waals surface area contributed by atoms with Gasteiger partial charge in [0.2, 0.25) is 0 Å². The summed E-state index contributed by atoms with van der Waals surface area (Å²) in [7, 11) is 0. The van der Waals surface area contributed by atoms with E-state index in [1.165, 1.54) is 6.33 Å². The molecule has 0 saturated carbocycles. The van der Waals surface area contributed by atoms with Crippen LogP contribution >= 0.6 is 0 Å². The van der Waals surface area contributed by atoms with E-state index in [2.05, 4.69) is 25.8 Å². The van der Waals surface area contributed by atoms with Crippen LogP contribution in [0.15, 0.2) is 24.5 Å². The van der Waals surface area contributed by atoms with Crippen molar-refractivity contribution in [2.24, 2.45) is 0 Å². The molecule has 7 nitrogen and oxygen atoms in total. The summed E-state index contributed by atoms with van der Waals surface area (Å²) in [6.45, 7) is 5.06. The molecule has 0 saturated heterocycles. The zero-order valence-corrected chi connectivity index (χ0v) is 12.8. The van der Waals surface area contributed by atoms with Crippen LogP contribution in [-0.4, -0.2) is 34.4 Å². The van der Waals surface area contributed by atoms with Gasteiger partial charge in [-0.2, -0.15) is 5.10 Å². The molecule has 118 valence electrons. The summed E-state index contributed by atoms with van der Waals surface area (Å²) >= 11 is 0. The Balaban J connectivity index is 1.75. The Morgan fingerprint density at radius 2 is 2.27 bits per heavy atom. The molecule has 2 aromatic rings. The molecule has 1 heterocycles. The van der Waals surface area contributed by atoms with E-state index in [1.807, 2.05) is 32.0 Å². The van der Waals surface area contributed by atoms with E-state index >= 15 is 0 Å². The minimum absolute atomic E-state index is 0.233. The third-order valence-electron chi connectivity index (χ3n) is 3.09. The average Bonchev–Trinajstić information content (AvgIpc) is 3.01. The highest BCUT2D eigenvalue weighted by atomic mass is 16.5. The van der Waals surface area contributed by atoms with Crippen LogP contribution in [0.5, 0.6) is 5.75 Å². The molecule has 0 radical (unpaired) electrons. The van der Waals surface area contributed by atoms with Crippen molar-refractivity contribution < 1.29 is 9.53 Å². The standard InChI is InChI=1S/C15H21N5O2/c1-3-22-13-9-12(7-6-11(13)2)19-15(21)16-8-4-5-14-17-10-18-20-14/h6-7,9-10H,3-5,8H2,1-2H3,(H2,16,19,21)(H,17,18,20). The molecule has 0 unspecified atom stereocenters. The summed E-state index contributed by atoms with van der Waals surface area (Å²) in [4.78, 5) is 15.9. The number of H-pyrrole nitrogens is 1. The molecule has 1 aromatic heterocycles. The van der Waals surface area contributed by atoms with E-state index in [-0.39, 0.29) is 6.03 Å². The van der Waals surface area contributed by atoms with Crippen LogP contribution in [0.3, 0.4) is 0 Å². The van der Waals surface area contributed by atoms with Gasteiger partial charge in [0.15, 0.2) is 0 Å². The first-order valence-electron chi connectivity index (χ1n) is 7.31. The highest BCUT2D eigenvalue weighted by molar-refractivity contribution is 5.89. The first-order chi connectivity index (χ1) is 10.7. The van der Waals surface area contributed by atoms with Gasteiger partial charge in [0.05, 0.1) is 6.61 Å². The molecule has 2 rings (SSSR count). The zero-order valence-electron chi connectivity index (χ0n) is 12.8. The van der Waals surface area contributed by atoms with Gasteiger partial charge >= 0.3 is 6.03 Å². The van der Waals surface area contributed by atoms with Crippen molar-refractivity contribution in [3.8, 4) is 5.75 Å². The van der Waals surface area contributed by atoms with Gasteiger partial charge in [-0.05, 0) is 31.9 Å². The Morgan fingerprint density at radius 1 is 1.41 bits per heavy atom. The van der Waals surface area contributed by atoms with Crippen molar-refractivity contribution in [2.45, 2.75) is 26.7 Å². The molecule has 1 aromatic carbocycles. The summed E-state index contributed by atoms with van der Waals surface area (Å²) in [5.41, 5.74) is 1.75. The monoisotopic (exact) mass is 303 g/mol. The third-order valence-corrected chi connectivity index (χ3v) is 3.09. The largest absolute Gasteiger partial charge is 0.494 e. The first-order valence-corrected chi connectivity index (χ1v) is 7.31. The number of benzene rings is 1. The Hall–Kier alpha value is -2.57. The highest BCUT2D eigenvalue weighted by Crippen LogP contribution is 2.22. The number of nitrogens with one attached hydrogen (secondary N) is 3. The Kier molecular flexibility index (Phi) is 5.76. The van der Waals surface area contributed by atoms with Gasteiger partial charge in [-0.15, -0.1) is 0 Å². The fourth-order valence-corrected chi connectivity index (χ4v) is 1.97. The summed E-state index contributed by atoms with van der Waals surface area (Å²) in [5.74, 6) is 1.60. The highest BCUT2D eigenvalue weighted by Gasteiger charge is 2.05. The Bertz CT molecular complexity index is 598. The lowest BCUT2D eigenvalue weighted by Crippen LogP contribution is -2.29. The molecular weight excluding hydrogens is 282 g/mol. The lowest BCUT2D eigenvalue weighted by Gasteiger charge is -2.11. The lowest BCUT2D eigenvalue weighted by atomic mass is 10.2. The fourth-order valence-electron chi connectivity index (χ4n) is 1.97. The third kappa shape index (κ3) is 4.76. The van der Waals surface area contributed by atoms with Gasteiger partial charge in [0.25, 0.3) is 0 Å². The van der Waals surface area contributed by atoms with Crippen molar-refractivity contribution in [2.75, 3.05) is 18.5 Å². The predicted molar refractivity (Wildman–Crippen MR) is 84.1 cm³/mol. The normalized spacial score (nSPS) is 10.3. The Morgan fingerprint density at radius 3 is 3.00 bits per heavy atom. The zero-order chi connectivity index (χ0) is 15.8. The van der Waals surface area contributed by atoms with Gasteiger partial charge in [-0.25, -0.2) is 9.78 Å². The molecule has 2 amide bonds. The summed E-state index contributed by atoms with van der Waals surface area (Å²) in [6, 6.07) is 5.37. The maximum Gasteiger partial charge on any atom is 0.319 e. The fraction of sp³-hybridized carbons (Fsp3) is 0.400. The van der Waals surface area contributed by atoms with Gasteiger partial charge in [0, 0.05) is 24.7 Å². The van der Waals surface area contributed by atoms with E-state index in [4.69, 9.17) is 4.74 Å². The van der Waals surface area contributed by atoms with Crippen LogP contribution in [0.4, 0.5) is 10.5 Å². The molecule has 0 atom stereocenters. The van der Waals surface area contributed by atoms with Crippen LogP contribution in [0.25, 0.3) is 0 Å². The lowest BCUT2D eigenvalue weighted by molar-refractivity contribution is 0.252. The quantitative estimate of drug-likeness (QED) is 0.684. The summed E-state index contributed by atoms with van der Waals surface area (Å²) < 4.78 is 5.51. The second-order valence-electron chi connectivity index (χ2n) is 4.83. The second-order valence-corrected chi connectivity index (χ2v) is 4.83. The average molecular weight is 303 g/mol. The smallest absolute Gasteiger partial charge is 0.319 e. The molecule has 0 bridgehead atoms. The van der Waals surface area contributed by atoms with Gasteiger partial charge in [-0.3, -0.25) is 5.10 Å². The van der Waals surface area contributed by atoms with Crippen LogP contribution in [0.2, 0.25) is 0 Å². The molecular formula is C15H21N5O2. The van der Waals surface area contributed by atoms with E-state index < -0.39 is 0 Å². The van der Waals surface area contributed by atoms with Crippen molar-refractivity contribution in [3.05, 3.63) is 35.9 Å². The molecule has 0 aliphatic carbocycles. The summed E-state index contributed by atoms with van der Waals surface area (Å²) in [5, 5.41) is 12.2. The Labute approximate surface area is 129 Å². The predicted octanol–water partition coefficient (Wildman–Crippen LogP) is 2.27. The van der Waals surface area contributed by atoms with Crippen molar-refractivity contribution >= 4 is 11.7 Å². The molecule has 0 aliphatic heterocycles. The number of amides is 2. The van der Waals surface area contributed by atoms with Crippen molar-refractivity contribution in [1.29, 1.82) is 0 Å². The molecule has 0 aliphatic rings. The number of carbonyl (C=O) groups is 1. The number of rotatable bonds is 7. The van der Waals surface area contributed by atoms with E-state index in [1.54, 1.807) is 0 Å². The van der Waals surface area contributed by atoms with Crippen LogP contribution in [-0.2, 0) is 6.42 Å². The number of aromatic amines is 1. The van der Waals surface area contributed by atoms with Gasteiger partial charge in [-0.1, -0.05) is 6.07 Å². The van der Waals surface area contributed by atoms with Crippen LogP contribution < -0.4 is 15.4 Å². The van der Waals surface area contributed by atoms with Gasteiger partial charge < -0.3 is 15.4 Å². The van der Waals surface area contributed by atoms with Crippen LogP contribution in [0.1, 0.15) is 24.7 Å². The number of hydrogen-bond acceptors (Lipinski definition) is 4. The molecule has 0 spiro atoms. The van der Waals surface area contributed by atoms with Gasteiger partial charge in [0.1, 0.15) is 17.9 Å².